The number of hydrogen-bond donors (Lipinski definition) is 1. The highest BCUT2D eigenvalue weighted by atomic mass is 32.2. The summed E-state index contributed by atoms with van der Waals surface area (Å²) in [5, 5.41) is 3.59. The summed E-state index contributed by atoms with van der Waals surface area (Å²) in [7, 11) is 4.46. The molecule has 1 aliphatic heterocycles. The Bertz CT molecular complexity index is 215. The number of rotatable bonds is 5. The van der Waals surface area contributed by atoms with E-state index in [2.05, 4.69) is 50.0 Å². The van der Waals surface area contributed by atoms with E-state index in [-0.39, 0.29) is 0 Å². The minimum atomic E-state index is 0.392. The van der Waals surface area contributed by atoms with Gasteiger partial charge in [0.1, 0.15) is 0 Å². The van der Waals surface area contributed by atoms with Crippen LogP contribution in [0.1, 0.15) is 20.8 Å². The lowest BCUT2D eigenvalue weighted by atomic mass is 10.2. The highest BCUT2D eigenvalue weighted by molar-refractivity contribution is 8.00. The Balaban J connectivity index is 2.09. The van der Waals surface area contributed by atoms with E-state index in [1.807, 2.05) is 11.8 Å². The van der Waals surface area contributed by atoms with Crippen molar-refractivity contribution in [2.45, 2.75) is 31.6 Å². The molecule has 17 heavy (non-hydrogen) atoms. The molecule has 3 nitrogen and oxygen atoms in total. The van der Waals surface area contributed by atoms with Crippen molar-refractivity contribution in [2.24, 2.45) is 0 Å². The fourth-order valence-corrected chi connectivity index (χ4v) is 2.88. The number of thioether (sulfide) groups is 1. The van der Waals surface area contributed by atoms with Crippen LogP contribution in [0.25, 0.3) is 0 Å². The van der Waals surface area contributed by atoms with Gasteiger partial charge in [0.05, 0.1) is 0 Å². The van der Waals surface area contributed by atoms with Gasteiger partial charge in [0.15, 0.2) is 0 Å². The second-order valence-electron chi connectivity index (χ2n) is 6.06. The summed E-state index contributed by atoms with van der Waals surface area (Å²) >= 11 is 2.03. The Morgan fingerprint density at radius 2 is 1.94 bits per heavy atom. The van der Waals surface area contributed by atoms with Crippen molar-refractivity contribution in [3.05, 3.63) is 0 Å². The molecule has 102 valence electrons. The van der Waals surface area contributed by atoms with Crippen molar-refractivity contribution in [1.82, 2.24) is 15.1 Å². The summed E-state index contributed by atoms with van der Waals surface area (Å²) < 4.78 is 0.392. The van der Waals surface area contributed by atoms with Crippen LogP contribution in [-0.2, 0) is 0 Å². The highest BCUT2D eigenvalue weighted by Gasteiger charge is 2.21. The largest absolute Gasteiger partial charge is 0.314 e. The van der Waals surface area contributed by atoms with Gasteiger partial charge in [-0.15, -0.1) is 0 Å². The SMILES string of the molecule is CN1CCN(C)C(CNCCSC(C)(C)C)C1. The molecule has 1 atom stereocenters. The first-order valence-electron chi connectivity index (χ1n) is 6.62. The molecule has 0 aromatic rings. The smallest absolute Gasteiger partial charge is 0.0345 e. The van der Waals surface area contributed by atoms with E-state index in [4.69, 9.17) is 0 Å². The summed E-state index contributed by atoms with van der Waals surface area (Å²) in [6, 6.07) is 0.674. The van der Waals surface area contributed by atoms with Crippen LogP contribution < -0.4 is 5.32 Å². The first-order valence-corrected chi connectivity index (χ1v) is 7.60. The normalized spacial score (nSPS) is 24.2. The highest BCUT2D eigenvalue weighted by Crippen LogP contribution is 2.21. The van der Waals surface area contributed by atoms with Gasteiger partial charge in [-0.05, 0) is 14.1 Å². The molecule has 0 aliphatic carbocycles. The standard InChI is InChI=1S/C13H29N3S/c1-13(2,3)17-9-6-14-10-12-11-15(4)7-8-16(12)5/h12,14H,6-11H2,1-5H3. The van der Waals surface area contributed by atoms with Crippen molar-refractivity contribution in [3.8, 4) is 0 Å². The summed E-state index contributed by atoms with van der Waals surface area (Å²) in [5.41, 5.74) is 0. The second kappa shape index (κ2) is 6.98. The van der Waals surface area contributed by atoms with Gasteiger partial charge in [-0.2, -0.15) is 11.8 Å². The van der Waals surface area contributed by atoms with Crippen LogP contribution in [-0.4, -0.2) is 73.2 Å². The molecule has 1 unspecified atom stereocenters. The maximum absolute atomic E-state index is 3.59. The number of likely N-dealkylation sites (N-methyl/N-ethyl adjacent to an activating group) is 2. The number of hydrogen-bond acceptors (Lipinski definition) is 4. The van der Waals surface area contributed by atoms with Gasteiger partial charge in [0.25, 0.3) is 0 Å². The first kappa shape index (κ1) is 15.3. The van der Waals surface area contributed by atoms with E-state index in [0.717, 1.165) is 13.1 Å². The number of nitrogens with one attached hydrogen (secondary N) is 1. The second-order valence-corrected chi connectivity index (χ2v) is 7.98. The summed E-state index contributed by atoms with van der Waals surface area (Å²) in [4.78, 5) is 4.90. The fourth-order valence-electron chi connectivity index (χ4n) is 2.02. The van der Waals surface area contributed by atoms with Gasteiger partial charge in [-0.3, -0.25) is 4.90 Å². The lowest BCUT2D eigenvalue weighted by Crippen LogP contribution is -2.53. The van der Waals surface area contributed by atoms with Gasteiger partial charge in [-0.1, -0.05) is 20.8 Å². The maximum atomic E-state index is 3.59. The zero-order valence-corrected chi connectivity index (χ0v) is 12.9. The number of piperazine rings is 1. The van der Waals surface area contributed by atoms with Crippen LogP contribution in [0.3, 0.4) is 0 Å². The van der Waals surface area contributed by atoms with Crippen LogP contribution >= 0.6 is 11.8 Å². The van der Waals surface area contributed by atoms with E-state index in [0.29, 0.717) is 10.8 Å². The Labute approximate surface area is 111 Å². The van der Waals surface area contributed by atoms with E-state index >= 15 is 0 Å². The van der Waals surface area contributed by atoms with Crippen molar-refractivity contribution in [3.63, 3.8) is 0 Å². The van der Waals surface area contributed by atoms with Crippen LogP contribution in [0.4, 0.5) is 0 Å². The average molecular weight is 259 g/mol. The van der Waals surface area contributed by atoms with Crippen molar-refractivity contribution in [2.75, 3.05) is 52.6 Å². The van der Waals surface area contributed by atoms with E-state index in [1.165, 1.54) is 25.4 Å². The quantitative estimate of drug-likeness (QED) is 0.751. The molecule has 4 heteroatoms. The summed E-state index contributed by atoms with van der Waals surface area (Å²) in [6.07, 6.45) is 0. The van der Waals surface area contributed by atoms with E-state index < -0.39 is 0 Å². The molecular formula is C13H29N3S. The van der Waals surface area contributed by atoms with Crippen LogP contribution in [0.5, 0.6) is 0 Å². The molecule has 1 N–H and O–H groups in total. The molecule has 1 fully saturated rings. The lowest BCUT2D eigenvalue weighted by Gasteiger charge is -2.37. The molecule has 1 saturated heterocycles. The Morgan fingerprint density at radius 1 is 1.24 bits per heavy atom. The average Bonchev–Trinajstić information content (AvgIpc) is 2.21. The van der Waals surface area contributed by atoms with Crippen molar-refractivity contribution >= 4 is 11.8 Å². The minimum absolute atomic E-state index is 0.392. The fraction of sp³-hybridized carbons (Fsp3) is 1.00. The zero-order valence-electron chi connectivity index (χ0n) is 12.1. The molecule has 0 aromatic carbocycles. The van der Waals surface area contributed by atoms with E-state index in [1.54, 1.807) is 0 Å². The third-order valence-electron chi connectivity index (χ3n) is 3.17. The van der Waals surface area contributed by atoms with Crippen molar-refractivity contribution < 1.29 is 0 Å². The Hall–Kier alpha value is 0.230. The van der Waals surface area contributed by atoms with Gasteiger partial charge in [-0.25, -0.2) is 0 Å². The molecule has 0 radical (unpaired) electrons. The molecule has 1 heterocycles. The lowest BCUT2D eigenvalue weighted by molar-refractivity contribution is 0.114. The molecule has 0 amide bonds. The third-order valence-corrected chi connectivity index (χ3v) is 4.45. The maximum Gasteiger partial charge on any atom is 0.0345 e. The predicted molar refractivity (Wildman–Crippen MR) is 79.0 cm³/mol. The van der Waals surface area contributed by atoms with Crippen molar-refractivity contribution in [1.29, 1.82) is 0 Å². The van der Waals surface area contributed by atoms with E-state index in [9.17, 15) is 0 Å². The summed E-state index contributed by atoms with van der Waals surface area (Å²) in [5.74, 6) is 1.20. The molecular weight excluding hydrogens is 230 g/mol. The Kier molecular flexibility index (Phi) is 6.27. The zero-order chi connectivity index (χ0) is 12.9. The summed E-state index contributed by atoms with van der Waals surface area (Å²) in [6.45, 7) is 12.7. The van der Waals surface area contributed by atoms with Gasteiger partial charge < -0.3 is 10.2 Å². The van der Waals surface area contributed by atoms with Crippen LogP contribution in [0.15, 0.2) is 0 Å². The third kappa shape index (κ3) is 6.65. The van der Waals surface area contributed by atoms with Gasteiger partial charge in [0, 0.05) is 49.3 Å². The molecule has 0 bridgehead atoms. The van der Waals surface area contributed by atoms with Gasteiger partial charge >= 0.3 is 0 Å². The minimum Gasteiger partial charge on any atom is -0.314 e. The monoisotopic (exact) mass is 259 g/mol. The van der Waals surface area contributed by atoms with Crippen LogP contribution in [0.2, 0.25) is 0 Å². The molecule has 0 aromatic heterocycles. The topological polar surface area (TPSA) is 18.5 Å². The first-order chi connectivity index (χ1) is 7.88. The Morgan fingerprint density at radius 3 is 2.59 bits per heavy atom. The van der Waals surface area contributed by atoms with Gasteiger partial charge in [0.2, 0.25) is 0 Å². The van der Waals surface area contributed by atoms with Crippen LogP contribution in [0, 0.1) is 0 Å². The molecule has 1 aliphatic rings. The molecule has 0 saturated carbocycles. The predicted octanol–water partition coefficient (Wildman–Crippen LogP) is 1.35. The molecule has 1 rings (SSSR count). The molecule has 0 spiro atoms. The number of nitrogens with zero attached hydrogens (tertiary/aromatic N) is 2.